The molecular formula is C17H27ClN4O. The number of rotatable bonds is 7. The molecule has 0 atom stereocenters. The van der Waals surface area contributed by atoms with Gasteiger partial charge in [0.1, 0.15) is 0 Å². The van der Waals surface area contributed by atoms with E-state index in [0.717, 1.165) is 30.9 Å². The van der Waals surface area contributed by atoms with Crippen molar-refractivity contribution in [3.8, 4) is 0 Å². The van der Waals surface area contributed by atoms with Crippen molar-refractivity contribution in [2.75, 3.05) is 32.5 Å². The Labute approximate surface area is 144 Å². The molecule has 0 aromatic heterocycles. The molecule has 0 spiro atoms. The van der Waals surface area contributed by atoms with Gasteiger partial charge in [-0.15, -0.1) is 0 Å². The summed E-state index contributed by atoms with van der Waals surface area (Å²) in [6.07, 6.45) is 2.61. The maximum atomic E-state index is 12.0. The first-order valence-electron chi connectivity index (χ1n) is 7.95. The molecule has 2 N–H and O–H groups in total. The minimum atomic E-state index is -0.0742. The lowest BCUT2D eigenvalue weighted by Gasteiger charge is -2.21. The van der Waals surface area contributed by atoms with Crippen LogP contribution in [-0.4, -0.2) is 44.0 Å². The van der Waals surface area contributed by atoms with E-state index in [1.807, 2.05) is 32.2 Å². The van der Waals surface area contributed by atoms with Crippen LogP contribution in [0, 0.1) is 6.92 Å². The third-order valence-corrected chi connectivity index (χ3v) is 3.77. The number of aliphatic imine (C=N–C) groups is 1. The Morgan fingerprint density at radius 3 is 2.74 bits per heavy atom. The maximum Gasteiger partial charge on any atom is 0.226 e. The molecule has 1 aromatic carbocycles. The third-order valence-electron chi connectivity index (χ3n) is 3.45. The molecule has 6 heteroatoms. The van der Waals surface area contributed by atoms with Gasteiger partial charge >= 0.3 is 0 Å². The fraction of sp³-hybridized carbons (Fsp3) is 0.529. The second-order valence-electron chi connectivity index (χ2n) is 5.53. The van der Waals surface area contributed by atoms with Gasteiger partial charge < -0.3 is 15.5 Å². The lowest BCUT2D eigenvalue weighted by Crippen LogP contribution is -2.40. The van der Waals surface area contributed by atoms with Crippen LogP contribution in [0.25, 0.3) is 0 Å². The Morgan fingerprint density at radius 2 is 2.13 bits per heavy atom. The van der Waals surface area contributed by atoms with E-state index in [2.05, 4.69) is 27.4 Å². The summed E-state index contributed by atoms with van der Waals surface area (Å²) >= 11 is 6.11. The molecule has 0 aliphatic carbocycles. The van der Waals surface area contributed by atoms with Gasteiger partial charge in [0, 0.05) is 33.6 Å². The van der Waals surface area contributed by atoms with E-state index in [9.17, 15) is 4.79 Å². The van der Waals surface area contributed by atoms with Gasteiger partial charge in [-0.1, -0.05) is 31.0 Å². The van der Waals surface area contributed by atoms with E-state index in [1.54, 1.807) is 7.05 Å². The Kier molecular flexibility index (Phi) is 8.48. The monoisotopic (exact) mass is 338 g/mol. The third kappa shape index (κ3) is 6.91. The quantitative estimate of drug-likeness (QED) is 0.592. The van der Waals surface area contributed by atoms with Crippen molar-refractivity contribution >= 4 is 29.2 Å². The first kappa shape index (κ1) is 19.3. The van der Waals surface area contributed by atoms with E-state index < -0.39 is 0 Å². The molecule has 1 amide bonds. The van der Waals surface area contributed by atoms with Crippen LogP contribution in [0.5, 0.6) is 0 Å². The van der Waals surface area contributed by atoms with Crippen molar-refractivity contribution < 1.29 is 4.79 Å². The second-order valence-corrected chi connectivity index (χ2v) is 5.94. The minimum Gasteiger partial charge on any atom is -0.356 e. The van der Waals surface area contributed by atoms with Crippen LogP contribution in [0.15, 0.2) is 23.2 Å². The molecule has 0 saturated carbocycles. The number of aryl methyl sites for hydroxylation is 1. The van der Waals surface area contributed by atoms with Crippen molar-refractivity contribution in [2.24, 2.45) is 4.99 Å². The fourth-order valence-corrected chi connectivity index (χ4v) is 2.39. The molecule has 0 unspecified atom stereocenters. The predicted octanol–water partition coefficient (Wildman–Crippen LogP) is 3.28. The van der Waals surface area contributed by atoms with Crippen molar-refractivity contribution in [3.05, 3.63) is 28.8 Å². The highest BCUT2D eigenvalue weighted by Gasteiger charge is 2.08. The molecule has 1 rings (SSSR count). The number of anilines is 1. The molecule has 0 radical (unpaired) electrons. The van der Waals surface area contributed by atoms with Gasteiger partial charge in [-0.3, -0.25) is 9.79 Å². The number of carbonyl (C=O) groups excluding carboxylic acids is 1. The molecule has 0 aliphatic rings. The van der Waals surface area contributed by atoms with Crippen molar-refractivity contribution in [1.29, 1.82) is 0 Å². The van der Waals surface area contributed by atoms with Gasteiger partial charge in [0.15, 0.2) is 5.96 Å². The Bertz CT molecular complexity index is 545. The highest BCUT2D eigenvalue weighted by Crippen LogP contribution is 2.22. The SMILES string of the molecule is CCCCN(C)C(=NC)NCCC(=O)Nc1ccc(C)cc1Cl. The molecule has 0 heterocycles. The number of carbonyl (C=O) groups is 1. The average Bonchev–Trinajstić information content (AvgIpc) is 2.52. The van der Waals surface area contributed by atoms with Crippen LogP contribution in [0.2, 0.25) is 5.02 Å². The van der Waals surface area contributed by atoms with Gasteiger partial charge in [-0.25, -0.2) is 0 Å². The number of halogens is 1. The molecule has 23 heavy (non-hydrogen) atoms. The number of guanidine groups is 1. The number of hydrogen-bond donors (Lipinski definition) is 2. The first-order valence-corrected chi connectivity index (χ1v) is 8.33. The lowest BCUT2D eigenvalue weighted by atomic mass is 10.2. The summed E-state index contributed by atoms with van der Waals surface area (Å²) in [7, 11) is 3.74. The smallest absolute Gasteiger partial charge is 0.226 e. The summed E-state index contributed by atoms with van der Waals surface area (Å²) in [6.45, 7) is 5.59. The normalized spacial score (nSPS) is 11.3. The summed E-state index contributed by atoms with van der Waals surface area (Å²) in [5.41, 5.74) is 1.71. The number of benzene rings is 1. The van der Waals surface area contributed by atoms with Crippen molar-refractivity contribution in [3.63, 3.8) is 0 Å². The molecule has 0 saturated heterocycles. The summed E-state index contributed by atoms with van der Waals surface area (Å²) in [6, 6.07) is 5.57. The van der Waals surface area contributed by atoms with E-state index in [-0.39, 0.29) is 5.91 Å². The summed E-state index contributed by atoms with van der Waals surface area (Å²) in [5.74, 6) is 0.731. The molecule has 0 bridgehead atoms. The van der Waals surface area contributed by atoms with Gasteiger partial charge in [0.05, 0.1) is 10.7 Å². The van der Waals surface area contributed by atoms with Gasteiger partial charge in [-0.05, 0) is 31.0 Å². The number of amides is 1. The van der Waals surface area contributed by atoms with Crippen LogP contribution in [0.1, 0.15) is 31.7 Å². The topological polar surface area (TPSA) is 56.7 Å². The van der Waals surface area contributed by atoms with E-state index in [0.29, 0.717) is 23.7 Å². The summed E-state index contributed by atoms with van der Waals surface area (Å²) < 4.78 is 0. The lowest BCUT2D eigenvalue weighted by molar-refractivity contribution is -0.116. The minimum absolute atomic E-state index is 0.0742. The van der Waals surface area contributed by atoms with E-state index >= 15 is 0 Å². The highest BCUT2D eigenvalue weighted by atomic mass is 35.5. The largest absolute Gasteiger partial charge is 0.356 e. The first-order chi connectivity index (χ1) is 11.0. The Morgan fingerprint density at radius 1 is 1.39 bits per heavy atom. The number of nitrogens with zero attached hydrogens (tertiary/aromatic N) is 2. The standard InChI is InChI=1S/C17H27ClN4O/c1-5-6-11-22(4)17(19-3)20-10-9-16(23)21-15-8-7-13(2)12-14(15)18/h7-8,12H,5-6,9-11H2,1-4H3,(H,19,20)(H,21,23). The Balaban J connectivity index is 2.40. The zero-order chi connectivity index (χ0) is 17.2. The van der Waals surface area contributed by atoms with Crippen LogP contribution >= 0.6 is 11.6 Å². The summed E-state index contributed by atoms with van der Waals surface area (Å²) in [4.78, 5) is 18.3. The number of nitrogens with one attached hydrogen (secondary N) is 2. The zero-order valence-electron chi connectivity index (χ0n) is 14.4. The highest BCUT2D eigenvalue weighted by molar-refractivity contribution is 6.33. The van der Waals surface area contributed by atoms with Crippen LogP contribution in [0.3, 0.4) is 0 Å². The van der Waals surface area contributed by atoms with Crippen molar-refractivity contribution in [2.45, 2.75) is 33.1 Å². The van der Waals surface area contributed by atoms with Crippen LogP contribution < -0.4 is 10.6 Å². The molecule has 0 aliphatic heterocycles. The van der Waals surface area contributed by atoms with E-state index in [1.165, 1.54) is 0 Å². The van der Waals surface area contributed by atoms with Gasteiger partial charge in [-0.2, -0.15) is 0 Å². The average molecular weight is 339 g/mol. The zero-order valence-corrected chi connectivity index (χ0v) is 15.2. The predicted molar refractivity (Wildman–Crippen MR) is 98.3 cm³/mol. The molecule has 128 valence electrons. The van der Waals surface area contributed by atoms with Crippen LogP contribution in [0.4, 0.5) is 5.69 Å². The second kappa shape index (κ2) is 10.1. The molecule has 0 fully saturated rings. The van der Waals surface area contributed by atoms with E-state index in [4.69, 9.17) is 11.6 Å². The molecule has 1 aromatic rings. The fourth-order valence-electron chi connectivity index (χ4n) is 2.11. The number of hydrogen-bond acceptors (Lipinski definition) is 2. The van der Waals surface area contributed by atoms with Gasteiger partial charge in [0.2, 0.25) is 5.91 Å². The summed E-state index contributed by atoms with van der Waals surface area (Å²) in [5, 5.41) is 6.59. The van der Waals surface area contributed by atoms with Gasteiger partial charge in [0.25, 0.3) is 0 Å². The maximum absolute atomic E-state index is 12.0. The Hall–Kier alpha value is -1.75. The van der Waals surface area contributed by atoms with Crippen LogP contribution in [-0.2, 0) is 4.79 Å². The molecular weight excluding hydrogens is 312 g/mol. The molecule has 5 nitrogen and oxygen atoms in total. The number of unbranched alkanes of at least 4 members (excludes halogenated alkanes) is 1. The van der Waals surface area contributed by atoms with Crippen molar-refractivity contribution in [1.82, 2.24) is 10.2 Å².